The number of pyridine rings is 1. The standard InChI is InChI=1S/C27H34FN5O7S2/c1-26(21-13-18(6-8-22(21)28)14-24(34)23-9-7-19(39-3)15-30-23)27(42(37,38)32(2)25(29)31-26)10-11-33(17-27)41(35,36)16-20-5-4-12-40-20/h6-9,13,15,20H,4-5,10-12,14,16-17H2,1-3H3,(H2,29,31)/t20?,26-,27-/m1/s1. The monoisotopic (exact) mass is 623 g/mol. The highest BCUT2D eigenvalue weighted by Gasteiger charge is 2.67. The number of aliphatic imine (C=N–C) groups is 1. The largest absolute Gasteiger partial charge is 0.495 e. The van der Waals surface area contributed by atoms with E-state index in [0.29, 0.717) is 24.3 Å². The molecule has 2 N–H and O–H groups in total. The molecule has 1 spiro atoms. The molecule has 2 saturated heterocycles. The summed E-state index contributed by atoms with van der Waals surface area (Å²) in [6.07, 6.45) is 2.00. The van der Waals surface area contributed by atoms with Gasteiger partial charge >= 0.3 is 0 Å². The number of guanidine groups is 1. The predicted molar refractivity (Wildman–Crippen MR) is 153 cm³/mol. The normalized spacial score (nSPS) is 27.8. The van der Waals surface area contributed by atoms with Crippen LogP contribution in [0, 0.1) is 5.82 Å². The highest BCUT2D eigenvalue weighted by atomic mass is 32.2. The van der Waals surface area contributed by atoms with Crippen LogP contribution in [0.1, 0.15) is 47.8 Å². The van der Waals surface area contributed by atoms with Crippen LogP contribution in [-0.2, 0) is 36.7 Å². The van der Waals surface area contributed by atoms with E-state index in [-0.39, 0.29) is 48.1 Å². The molecule has 3 atom stereocenters. The van der Waals surface area contributed by atoms with E-state index in [1.54, 1.807) is 6.07 Å². The number of methoxy groups -OCH3 is 1. The predicted octanol–water partition coefficient (Wildman–Crippen LogP) is 1.41. The fourth-order valence-electron chi connectivity index (χ4n) is 6.05. The summed E-state index contributed by atoms with van der Waals surface area (Å²) < 4.78 is 81.3. The molecule has 0 aliphatic carbocycles. The van der Waals surface area contributed by atoms with E-state index in [4.69, 9.17) is 15.2 Å². The van der Waals surface area contributed by atoms with Gasteiger partial charge in [0.05, 0.1) is 25.2 Å². The molecule has 228 valence electrons. The lowest BCUT2D eigenvalue weighted by Gasteiger charge is -2.48. The zero-order valence-electron chi connectivity index (χ0n) is 23.6. The van der Waals surface area contributed by atoms with Gasteiger partial charge in [0, 0.05) is 38.7 Å². The summed E-state index contributed by atoms with van der Waals surface area (Å²) in [5.74, 6) is -1.25. The first kappa shape index (κ1) is 30.3. The fourth-order valence-corrected chi connectivity index (χ4v) is 10.00. The van der Waals surface area contributed by atoms with E-state index in [1.165, 1.54) is 45.5 Å². The number of carbonyl (C=O) groups is 1. The lowest BCUT2D eigenvalue weighted by Crippen LogP contribution is -2.66. The van der Waals surface area contributed by atoms with Gasteiger partial charge in [0.2, 0.25) is 26.0 Å². The Labute approximate surface area is 244 Å². The molecular weight excluding hydrogens is 589 g/mol. The number of ketones is 1. The van der Waals surface area contributed by atoms with Gasteiger partial charge in [-0.2, -0.15) is 0 Å². The molecule has 42 heavy (non-hydrogen) atoms. The average molecular weight is 624 g/mol. The zero-order valence-corrected chi connectivity index (χ0v) is 25.2. The summed E-state index contributed by atoms with van der Waals surface area (Å²) in [4.78, 5) is 21.6. The van der Waals surface area contributed by atoms with Gasteiger partial charge in [-0.3, -0.25) is 4.79 Å². The first-order valence-corrected chi connectivity index (χ1v) is 16.5. The Morgan fingerprint density at radius 2 is 2.05 bits per heavy atom. The number of halogens is 1. The van der Waals surface area contributed by atoms with Crippen LogP contribution >= 0.6 is 0 Å². The Morgan fingerprint density at radius 3 is 2.69 bits per heavy atom. The van der Waals surface area contributed by atoms with Crippen molar-refractivity contribution in [3.05, 3.63) is 59.2 Å². The molecule has 0 amide bonds. The lowest BCUT2D eigenvalue weighted by atomic mass is 9.77. The van der Waals surface area contributed by atoms with Gasteiger partial charge in [0.15, 0.2) is 5.78 Å². The van der Waals surface area contributed by atoms with Crippen LogP contribution in [0.15, 0.2) is 41.5 Å². The molecule has 12 nitrogen and oxygen atoms in total. The molecule has 1 unspecified atom stereocenters. The highest BCUT2D eigenvalue weighted by molar-refractivity contribution is 7.91. The van der Waals surface area contributed by atoms with E-state index in [1.807, 2.05) is 0 Å². The van der Waals surface area contributed by atoms with Gasteiger partial charge in [-0.25, -0.2) is 39.8 Å². The maximum absolute atomic E-state index is 15.7. The van der Waals surface area contributed by atoms with Crippen LogP contribution in [0.25, 0.3) is 0 Å². The number of carbonyl (C=O) groups excluding carboxylic acids is 1. The Morgan fingerprint density at radius 1 is 1.29 bits per heavy atom. The van der Waals surface area contributed by atoms with E-state index in [0.717, 1.165) is 21.1 Å². The summed E-state index contributed by atoms with van der Waals surface area (Å²) in [7, 11) is -5.53. The number of hydrogen-bond acceptors (Lipinski definition) is 10. The minimum Gasteiger partial charge on any atom is -0.495 e. The van der Waals surface area contributed by atoms with Crippen molar-refractivity contribution in [2.75, 3.05) is 39.6 Å². The molecule has 3 aliphatic heterocycles. The summed E-state index contributed by atoms with van der Waals surface area (Å²) in [6, 6.07) is 7.09. The molecule has 3 aliphatic rings. The Hall–Kier alpha value is -3.14. The molecule has 0 saturated carbocycles. The van der Waals surface area contributed by atoms with Crippen molar-refractivity contribution >= 4 is 31.8 Å². The second kappa shape index (κ2) is 10.8. The van der Waals surface area contributed by atoms with Gasteiger partial charge < -0.3 is 15.2 Å². The molecule has 5 rings (SSSR count). The van der Waals surface area contributed by atoms with Gasteiger partial charge in [-0.1, -0.05) is 6.07 Å². The first-order chi connectivity index (χ1) is 19.7. The Balaban J connectivity index is 1.54. The van der Waals surface area contributed by atoms with Crippen LogP contribution in [0.5, 0.6) is 5.75 Å². The van der Waals surface area contributed by atoms with Gasteiger partial charge in [0.25, 0.3) is 0 Å². The van der Waals surface area contributed by atoms with E-state index < -0.39 is 48.8 Å². The van der Waals surface area contributed by atoms with Crippen molar-refractivity contribution in [3.63, 3.8) is 0 Å². The summed E-state index contributed by atoms with van der Waals surface area (Å²) in [6.45, 7) is 1.38. The number of ether oxygens (including phenoxy) is 2. The van der Waals surface area contributed by atoms with Gasteiger partial charge in [-0.15, -0.1) is 0 Å². The average Bonchev–Trinajstić information content (AvgIpc) is 3.64. The quantitative estimate of drug-likeness (QED) is 0.429. The Bertz CT molecular complexity index is 1630. The minimum atomic E-state index is -4.34. The van der Waals surface area contributed by atoms with E-state index in [2.05, 4.69) is 9.98 Å². The van der Waals surface area contributed by atoms with E-state index in [9.17, 15) is 21.6 Å². The third kappa shape index (κ3) is 4.95. The van der Waals surface area contributed by atoms with Crippen LogP contribution in [-0.4, -0.2) is 92.6 Å². The van der Waals surface area contributed by atoms with E-state index >= 15 is 4.39 Å². The topological polar surface area (TPSA) is 162 Å². The number of nitrogens with two attached hydrogens (primary N) is 1. The number of aromatic nitrogens is 1. The highest BCUT2D eigenvalue weighted by Crippen LogP contribution is 2.52. The second-order valence-corrected chi connectivity index (χ2v) is 15.3. The minimum absolute atomic E-state index is 0.101. The van der Waals surface area contributed by atoms with Gasteiger partial charge in [0.1, 0.15) is 27.5 Å². The SMILES string of the molecule is COc1ccc(C(=O)Cc2ccc(F)c([C@@]3(C)N=C(N)N(C)S(=O)(=O)[C@@]34CCN(S(=O)(=O)CC3CCCO3)C4)c2)nc1. The smallest absolute Gasteiger partial charge is 0.247 e. The van der Waals surface area contributed by atoms with Crippen molar-refractivity contribution in [2.45, 2.75) is 49.0 Å². The maximum Gasteiger partial charge on any atom is 0.247 e. The van der Waals surface area contributed by atoms with Crippen LogP contribution in [0.2, 0.25) is 0 Å². The third-order valence-electron chi connectivity index (χ3n) is 8.59. The fraction of sp³-hybridized carbons (Fsp3) is 0.519. The number of nitrogens with zero attached hydrogens (tertiary/aromatic N) is 4. The molecule has 2 fully saturated rings. The van der Waals surface area contributed by atoms with Gasteiger partial charge in [-0.05, 0) is 56.0 Å². The number of benzene rings is 1. The number of sulfonamides is 2. The van der Waals surface area contributed by atoms with Crippen molar-refractivity contribution in [1.82, 2.24) is 13.6 Å². The van der Waals surface area contributed by atoms with Crippen molar-refractivity contribution in [2.24, 2.45) is 10.7 Å². The number of Topliss-reactive ketones (excluding diaryl/α,β-unsaturated/α-hetero) is 1. The summed E-state index contributed by atoms with van der Waals surface area (Å²) >= 11 is 0. The van der Waals surface area contributed by atoms with Crippen LogP contribution in [0.3, 0.4) is 0 Å². The Kier molecular flexibility index (Phi) is 7.83. The first-order valence-electron chi connectivity index (χ1n) is 13.5. The summed E-state index contributed by atoms with van der Waals surface area (Å²) in [5, 5.41) is 0. The molecule has 4 heterocycles. The molecule has 1 aromatic heterocycles. The zero-order chi connectivity index (χ0) is 30.5. The maximum atomic E-state index is 15.7. The van der Waals surface area contributed by atoms with Crippen LogP contribution in [0.4, 0.5) is 4.39 Å². The molecule has 0 radical (unpaired) electrons. The molecular formula is C27H34FN5O7S2. The van der Waals surface area contributed by atoms with Crippen molar-refractivity contribution in [3.8, 4) is 5.75 Å². The molecule has 1 aromatic carbocycles. The molecule has 2 aromatic rings. The number of rotatable bonds is 8. The molecule has 0 bridgehead atoms. The van der Waals surface area contributed by atoms with Crippen molar-refractivity contribution < 1.29 is 35.5 Å². The van der Waals surface area contributed by atoms with Crippen LogP contribution < -0.4 is 10.5 Å². The lowest BCUT2D eigenvalue weighted by molar-refractivity contribution is 0.0988. The second-order valence-electron chi connectivity index (χ2n) is 11.0. The summed E-state index contributed by atoms with van der Waals surface area (Å²) in [5.41, 5.74) is 4.72. The van der Waals surface area contributed by atoms with Crippen molar-refractivity contribution in [1.29, 1.82) is 0 Å². The molecule has 15 heteroatoms. The number of hydrogen-bond donors (Lipinski definition) is 1. The third-order valence-corrected chi connectivity index (χ3v) is 13.1.